The largest absolute Gasteiger partial charge is 0.486 e. The first kappa shape index (κ1) is 53.4. The van der Waals surface area contributed by atoms with Gasteiger partial charge in [0.25, 0.3) is 11.5 Å². The van der Waals surface area contributed by atoms with E-state index in [1.807, 2.05) is 44.1 Å². The van der Waals surface area contributed by atoms with Crippen LogP contribution in [0, 0.1) is 23.0 Å². The molecular formula is C59H59ClF2N10O7S. The molecule has 3 aromatic carbocycles. The summed E-state index contributed by atoms with van der Waals surface area (Å²) in [5, 5.41) is 22.2. The second-order valence-electron chi connectivity index (χ2n) is 21.8. The summed E-state index contributed by atoms with van der Waals surface area (Å²) in [6, 6.07) is 13.5. The molecule has 3 N–H and O–H groups in total. The average Bonchev–Trinajstić information content (AvgIpc) is 3.93. The Hall–Kier alpha value is -7.28. The summed E-state index contributed by atoms with van der Waals surface area (Å²) in [4.78, 5) is 63.7. The monoisotopic (exact) mass is 1120 g/mol. The van der Waals surface area contributed by atoms with Crippen LogP contribution in [-0.4, -0.2) is 129 Å². The van der Waals surface area contributed by atoms with Gasteiger partial charge in [0.05, 0.1) is 55.4 Å². The minimum atomic E-state index is -1.56. The van der Waals surface area contributed by atoms with Crippen LogP contribution < -0.4 is 25.7 Å². The Kier molecular flexibility index (Phi) is 14.0. The van der Waals surface area contributed by atoms with Crippen LogP contribution in [0.15, 0.2) is 59.4 Å². The highest BCUT2D eigenvalue weighted by atomic mass is 35.5. The van der Waals surface area contributed by atoms with E-state index < -0.39 is 29.8 Å². The van der Waals surface area contributed by atoms with E-state index in [-0.39, 0.29) is 103 Å². The number of piperazine rings is 1. The SMILES string of the molecule is C=C(C(=O)N1CCN(c2nc(OCC34CCCN3CCC4)nc3c(F)c(-c4ccc(F)c5sc(N)c(C#N)c45)c(Cl)cc23)CC1)C(CCCCN(C)C)Oc1ccc2nc3c(c(CC)c2c1)Cn1c-3cc2c(c1=O)COC(=O)C2O. The third-order valence-corrected chi connectivity index (χ3v) is 18.2. The number of thiophene rings is 1. The molecule has 2 atom stereocenters. The molecule has 0 aliphatic carbocycles. The van der Waals surface area contributed by atoms with Crippen LogP contribution in [-0.2, 0) is 33.9 Å². The van der Waals surface area contributed by atoms with E-state index in [2.05, 4.69) is 22.4 Å². The number of aromatic nitrogens is 4. The fraction of sp³-hybridized carbons (Fsp3) is 0.407. The Morgan fingerprint density at radius 2 is 1.81 bits per heavy atom. The number of esters is 1. The average molecular weight is 1130 g/mol. The number of nitrogens with two attached hydrogens (primary N) is 1. The molecule has 414 valence electrons. The lowest BCUT2D eigenvalue weighted by Gasteiger charge is -2.37. The van der Waals surface area contributed by atoms with Crippen molar-refractivity contribution in [2.24, 2.45) is 0 Å². The Labute approximate surface area is 468 Å². The van der Waals surface area contributed by atoms with Gasteiger partial charge in [-0.2, -0.15) is 15.2 Å². The van der Waals surface area contributed by atoms with Crippen molar-refractivity contribution >= 4 is 77.5 Å². The number of nitriles is 1. The Morgan fingerprint density at radius 1 is 1.04 bits per heavy atom. The molecule has 3 fully saturated rings. The van der Waals surface area contributed by atoms with Gasteiger partial charge in [-0.15, -0.1) is 11.3 Å². The molecule has 5 aliphatic rings. The van der Waals surface area contributed by atoms with Crippen LogP contribution in [0.25, 0.3) is 54.4 Å². The van der Waals surface area contributed by atoms with E-state index in [0.717, 1.165) is 86.0 Å². The van der Waals surface area contributed by atoms with E-state index in [1.165, 1.54) is 12.1 Å². The van der Waals surface area contributed by atoms with Gasteiger partial charge in [-0.1, -0.05) is 31.2 Å². The number of halogens is 3. The summed E-state index contributed by atoms with van der Waals surface area (Å²) in [5.74, 6) is -1.54. The first-order chi connectivity index (χ1) is 38.6. The molecule has 0 radical (unpaired) electrons. The number of amides is 1. The van der Waals surface area contributed by atoms with Crippen molar-refractivity contribution < 1.29 is 37.7 Å². The number of nitrogen functional groups attached to an aromatic ring is 1. The highest BCUT2D eigenvalue weighted by Gasteiger charge is 2.45. The maximum atomic E-state index is 17.5. The van der Waals surface area contributed by atoms with Crippen LogP contribution in [0.4, 0.5) is 19.6 Å². The fourth-order valence-electron chi connectivity index (χ4n) is 12.7. The van der Waals surface area contributed by atoms with Crippen molar-refractivity contribution in [3.8, 4) is 40.3 Å². The number of benzene rings is 3. The molecule has 0 spiro atoms. The van der Waals surface area contributed by atoms with E-state index in [4.69, 9.17) is 46.5 Å². The fourth-order valence-corrected chi connectivity index (χ4v) is 14.0. The van der Waals surface area contributed by atoms with Gasteiger partial charge in [0.1, 0.15) is 53.3 Å². The maximum Gasteiger partial charge on any atom is 0.340 e. The number of carbonyl (C=O) groups excluding carboxylic acids is 2. The number of hydrogen-bond donors (Lipinski definition) is 2. The molecule has 17 nitrogen and oxygen atoms in total. The summed E-state index contributed by atoms with van der Waals surface area (Å²) >= 11 is 7.95. The predicted molar refractivity (Wildman–Crippen MR) is 302 cm³/mol. The van der Waals surface area contributed by atoms with Gasteiger partial charge in [-0.25, -0.2) is 18.6 Å². The number of nitrogens with zero attached hydrogens (tertiary/aromatic N) is 9. The van der Waals surface area contributed by atoms with Crippen molar-refractivity contribution in [1.82, 2.24) is 34.2 Å². The highest BCUT2D eigenvalue weighted by molar-refractivity contribution is 7.23. The number of aliphatic hydroxyl groups is 1. The van der Waals surface area contributed by atoms with Crippen LogP contribution in [0.1, 0.15) is 85.8 Å². The first-order valence-corrected chi connectivity index (χ1v) is 28.4. The minimum absolute atomic E-state index is 0.00154. The number of unbranched alkanes of at least 4 members (excludes halogenated alkanes) is 1. The molecular weight excluding hydrogens is 1070 g/mol. The summed E-state index contributed by atoms with van der Waals surface area (Å²) < 4.78 is 52.9. The number of ether oxygens (including phenoxy) is 3. The van der Waals surface area contributed by atoms with E-state index in [9.17, 15) is 24.8 Å². The molecule has 0 bridgehead atoms. The van der Waals surface area contributed by atoms with Crippen molar-refractivity contribution in [3.05, 3.63) is 109 Å². The Morgan fingerprint density at radius 3 is 2.55 bits per heavy atom. The maximum absolute atomic E-state index is 17.5. The van der Waals surface area contributed by atoms with Gasteiger partial charge in [0.2, 0.25) is 0 Å². The van der Waals surface area contributed by atoms with E-state index in [1.54, 1.807) is 21.6 Å². The Balaban J connectivity index is 0.824. The van der Waals surface area contributed by atoms with E-state index in [0.29, 0.717) is 72.0 Å². The molecule has 5 aliphatic heterocycles. The molecule has 4 aromatic heterocycles. The number of cyclic esters (lactones) is 1. The minimum Gasteiger partial charge on any atom is -0.486 e. The number of aryl methyl sites for hydroxylation is 1. The molecule has 21 heteroatoms. The first-order valence-electron chi connectivity index (χ1n) is 27.2. The van der Waals surface area contributed by atoms with Gasteiger partial charge in [-0.3, -0.25) is 14.5 Å². The molecule has 1 amide bonds. The highest BCUT2D eigenvalue weighted by Crippen LogP contribution is 2.47. The predicted octanol–water partition coefficient (Wildman–Crippen LogP) is 8.68. The van der Waals surface area contributed by atoms with Crippen LogP contribution in [0.3, 0.4) is 0 Å². The van der Waals surface area contributed by atoms with E-state index >= 15 is 8.78 Å². The van der Waals surface area contributed by atoms with Crippen LogP contribution in [0.5, 0.6) is 11.8 Å². The zero-order valence-corrected chi connectivity index (χ0v) is 46.2. The molecule has 0 saturated carbocycles. The topological polar surface area (TPSA) is 206 Å². The standard InChI is InChI=1S/C59H59ClF2N10O7S/c1-5-33-35-24-32(11-14-43(35)65-49-39(33)28-72-44(49)26-36-40(56(72)75)29-77-57(76)51(36)73)79-45(10-6-7-17-68(3)4)31(2)55(74)70-22-20-69(21-23-70)54-37-25-41(60)47(34-12-13-42(61)52-46(34)38(27-63)53(64)80-52)48(62)50(37)66-58(67-54)78-30-59-15-8-18-71(59)19-9-16-59/h11-14,24-26,45,51,73H,2,5-10,15-23,28-30,64H2,1,3-4H3. The number of hydrogen-bond acceptors (Lipinski definition) is 16. The number of pyridine rings is 2. The quantitative estimate of drug-likeness (QED) is 0.0560. The van der Waals surface area contributed by atoms with Crippen LogP contribution >= 0.6 is 22.9 Å². The van der Waals surface area contributed by atoms with Crippen molar-refractivity contribution in [1.29, 1.82) is 5.26 Å². The Bertz CT molecular complexity index is 3840. The third kappa shape index (κ3) is 9.07. The zero-order chi connectivity index (χ0) is 55.9. The number of anilines is 2. The second kappa shape index (κ2) is 21.0. The molecule has 3 saturated heterocycles. The third-order valence-electron chi connectivity index (χ3n) is 16.9. The number of rotatable bonds is 15. The van der Waals surface area contributed by atoms with Crippen LogP contribution in [0.2, 0.25) is 5.02 Å². The second-order valence-corrected chi connectivity index (χ2v) is 23.2. The normalized spacial score (nSPS) is 17.9. The summed E-state index contributed by atoms with van der Waals surface area (Å²) in [6.45, 7) is 10.8. The number of carbonyl (C=O) groups is 2. The lowest BCUT2D eigenvalue weighted by Crippen LogP contribution is -2.50. The molecule has 9 heterocycles. The smallest absolute Gasteiger partial charge is 0.340 e. The lowest BCUT2D eigenvalue weighted by molar-refractivity contribution is -0.157. The van der Waals surface area contributed by atoms with Gasteiger partial charge in [0.15, 0.2) is 11.9 Å². The zero-order valence-electron chi connectivity index (χ0n) is 44.7. The van der Waals surface area contributed by atoms with Gasteiger partial charge >= 0.3 is 12.0 Å². The van der Waals surface area contributed by atoms with Gasteiger partial charge in [-0.05, 0) is 133 Å². The summed E-state index contributed by atoms with van der Waals surface area (Å²) in [7, 11) is 4.03. The molecule has 12 rings (SSSR count). The van der Waals surface area contributed by atoms with Crippen molar-refractivity contribution in [3.63, 3.8) is 0 Å². The lowest BCUT2D eigenvalue weighted by atomic mass is 9.95. The van der Waals surface area contributed by atoms with Gasteiger partial charge in [0, 0.05) is 59.0 Å². The molecule has 7 aromatic rings. The molecule has 2 unspecified atom stereocenters. The van der Waals surface area contributed by atoms with Crippen molar-refractivity contribution in [2.75, 3.05) is 77.1 Å². The summed E-state index contributed by atoms with van der Waals surface area (Å²) in [6.07, 6.45) is 4.54. The molecule has 80 heavy (non-hydrogen) atoms. The summed E-state index contributed by atoms with van der Waals surface area (Å²) in [5.41, 5.74) is 10.2. The number of fused-ring (bicyclic) bond motifs is 8. The number of aliphatic hydroxyl groups excluding tert-OH is 1. The van der Waals surface area contributed by atoms with Gasteiger partial charge < -0.3 is 44.3 Å². The van der Waals surface area contributed by atoms with Crippen molar-refractivity contribution in [2.45, 2.75) is 89.2 Å².